The lowest BCUT2D eigenvalue weighted by atomic mass is 9.87. The van der Waals surface area contributed by atoms with E-state index in [9.17, 15) is 31.2 Å². The maximum absolute atomic E-state index is 12.2. The highest BCUT2D eigenvalue weighted by Crippen LogP contribution is 2.29. The minimum absolute atomic E-state index is 0.880. The second-order valence-electron chi connectivity index (χ2n) is 5.55. The minimum atomic E-state index is -5.90. The van der Waals surface area contributed by atoms with Gasteiger partial charge in [-0.15, -0.1) is 0 Å². The van der Waals surface area contributed by atoms with Crippen molar-refractivity contribution in [1.82, 2.24) is 0 Å². The first-order valence-electron chi connectivity index (χ1n) is 5.73. The minimum Gasteiger partial charge on any atom is -0.459 e. The lowest BCUT2D eigenvalue weighted by molar-refractivity contribution is -0.171. The van der Waals surface area contributed by atoms with Crippen LogP contribution in [0.3, 0.4) is 0 Å². The van der Waals surface area contributed by atoms with Crippen molar-refractivity contribution in [2.75, 3.05) is 6.61 Å². The van der Waals surface area contributed by atoms with Gasteiger partial charge in [-0.25, -0.2) is 0 Å². The standard InChI is InChI=1S/C11H17F3O6S/c1-7(15)10(5,8(16)20-9(2,3)4)6-19-21(17,18)11(12,13)14/h6H2,1-5H3. The number of esters is 1. The highest BCUT2D eigenvalue weighted by atomic mass is 32.2. The average molecular weight is 334 g/mol. The van der Waals surface area contributed by atoms with Crippen molar-refractivity contribution in [3.8, 4) is 0 Å². The fraction of sp³-hybridized carbons (Fsp3) is 0.818. The SMILES string of the molecule is CC(=O)C(C)(COS(=O)(=O)C(F)(F)F)C(=O)OC(C)(C)C. The molecule has 124 valence electrons. The van der Waals surface area contributed by atoms with Crippen LogP contribution in [0, 0.1) is 5.41 Å². The molecule has 0 heterocycles. The van der Waals surface area contributed by atoms with Crippen molar-refractivity contribution in [2.24, 2.45) is 5.41 Å². The predicted octanol–water partition coefficient (Wildman–Crippen LogP) is 1.79. The molecule has 0 N–H and O–H groups in total. The van der Waals surface area contributed by atoms with Crippen molar-refractivity contribution in [1.29, 1.82) is 0 Å². The van der Waals surface area contributed by atoms with Crippen LogP contribution in [0.4, 0.5) is 13.2 Å². The van der Waals surface area contributed by atoms with Crippen LogP contribution in [0.2, 0.25) is 0 Å². The number of hydrogen-bond acceptors (Lipinski definition) is 6. The molecule has 1 unspecified atom stereocenters. The van der Waals surface area contributed by atoms with Crippen LogP contribution in [0.15, 0.2) is 0 Å². The molecule has 0 amide bonds. The number of alkyl halides is 3. The summed E-state index contributed by atoms with van der Waals surface area (Å²) in [4.78, 5) is 23.4. The summed E-state index contributed by atoms with van der Waals surface area (Å²) in [5.41, 5.74) is -8.80. The lowest BCUT2D eigenvalue weighted by Gasteiger charge is -2.29. The Morgan fingerprint density at radius 3 is 1.76 bits per heavy atom. The Balaban J connectivity index is 5.27. The molecule has 0 spiro atoms. The number of Topliss-reactive ketones (excluding diaryl/α,β-unsaturated/α-hetero) is 1. The summed E-state index contributed by atoms with van der Waals surface area (Å²) in [5, 5.41) is 0. The summed E-state index contributed by atoms with van der Waals surface area (Å²) in [6, 6.07) is 0. The van der Waals surface area contributed by atoms with Gasteiger partial charge in [0.05, 0.1) is 6.61 Å². The summed E-state index contributed by atoms with van der Waals surface area (Å²) in [6.45, 7) is 5.04. The molecule has 0 fully saturated rings. The van der Waals surface area contributed by atoms with Gasteiger partial charge in [0.25, 0.3) is 0 Å². The summed E-state index contributed by atoms with van der Waals surface area (Å²) in [5.74, 6) is -2.05. The molecule has 0 bridgehead atoms. The zero-order valence-corrected chi connectivity index (χ0v) is 13.0. The highest BCUT2D eigenvalue weighted by Gasteiger charge is 2.50. The molecule has 0 rings (SSSR count). The Morgan fingerprint density at radius 1 is 1.05 bits per heavy atom. The smallest absolute Gasteiger partial charge is 0.459 e. The van der Waals surface area contributed by atoms with Crippen molar-refractivity contribution in [3.05, 3.63) is 0 Å². The van der Waals surface area contributed by atoms with E-state index in [0.29, 0.717) is 0 Å². The molecule has 0 aliphatic carbocycles. The average Bonchev–Trinajstić information content (AvgIpc) is 2.21. The van der Waals surface area contributed by atoms with E-state index in [4.69, 9.17) is 4.74 Å². The Labute approximate surface area is 120 Å². The maximum Gasteiger partial charge on any atom is 0.523 e. The monoisotopic (exact) mass is 334 g/mol. The van der Waals surface area contributed by atoms with E-state index in [1.807, 2.05) is 0 Å². The summed E-state index contributed by atoms with van der Waals surface area (Å²) < 4.78 is 66.8. The van der Waals surface area contributed by atoms with Gasteiger partial charge in [-0.2, -0.15) is 21.6 Å². The van der Waals surface area contributed by atoms with E-state index >= 15 is 0 Å². The van der Waals surface area contributed by atoms with Crippen molar-refractivity contribution in [2.45, 2.75) is 45.7 Å². The third-order valence-corrected chi connectivity index (χ3v) is 3.41. The molecule has 0 saturated carbocycles. The molecular formula is C11H17F3O6S. The van der Waals surface area contributed by atoms with Gasteiger partial charge in [-0.05, 0) is 34.6 Å². The van der Waals surface area contributed by atoms with E-state index in [-0.39, 0.29) is 0 Å². The number of halogens is 3. The third-order valence-electron chi connectivity index (χ3n) is 2.41. The van der Waals surface area contributed by atoms with Gasteiger partial charge in [0.2, 0.25) is 0 Å². The molecule has 0 aromatic rings. The topological polar surface area (TPSA) is 86.7 Å². The summed E-state index contributed by atoms with van der Waals surface area (Å²) in [7, 11) is -5.90. The van der Waals surface area contributed by atoms with E-state index in [2.05, 4.69) is 4.18 Å². The molecule has 1 atom stereocenters. The Kier molecular flexibility index (Phi) is 5.59. The zero-order valence-electron chi connectivity index (χ0n) is 12.2. The van der Waals surface area contributed by atoms with Crippen molar-refractivity contribution in [3.63, 3.8) is 0 Å². The third kappa shape index (κ3) is 5.27. The van der Waals surface area contributed by atoms with Gasteiger partial charge in [0.15, 0.2) is 0 Å². The number of ketones is 1. The van der Waals surface area contributed by atoms with E-state index < -0.39 is 45.0 Å². The van der Waals surface area contributed by atoms with Crippen molar-refractivity contribution < 1.29 is 40.1 Å². The fourth-order valence-corrected chi connectivity index (χ4v) is 1.48. The zero-order chi connectivity index (χ0) is 17.3. The molecule has 0 aliphatic rings. The lowest BCUT2D eigenvalue weighted by Crippen LogP contribution is -2.45. The van der Waals surface area contributed by atoms with Crippen LogP contribution < -0.4 is 0 Å². The predicted molar refractivity (Wildman–Crippen MR) is 65.6 cm³/mol. The van der Waals surface area contributed by atoms with E-state index in [0.717, 1.165) is 13.8 Å². The van der Waals surface area contributed by atoms with Crippen LogP contribution in [-0.2, 0) is 28.6 Å². The Hall–Kier alpha value is -1.16. The fourth-order valence-electron chi connectivity index (χ4n) is 0.957. The Bertz CT molecular complexity index is 517. The van der Waals surface area contributed by atoms with Gasteiger partial charge in [0.1, 0.15) is 16.8 Å². The molecule has 0 aliphatic heterocycles. The van der Waals surface area contributed by atoms with E-state index in [1.165, 1.54) is 20.8 Å². The number of hydrogen-bond donors (Lipinski definition) is 0. The van der Waals surface area contributed by atoms with Gasteiger partial charge >= 0.3 is 21.6 Å². The number of carbonyl (C=O) groups excluding carboxylic acids is 2. The molecule has 10 heteroatoms. The first-order valence-corrected chi connectivity index (χ1v) is 7.14. The summed E-state index contributed by atoms with van der Waals surface area (Å²) >= 11 is 0. The number of rotatable bonds is 5. The normalized spacial score (nSPS) is 16.2. The van der Waals surface area contributed by atoms with Crippen LogP contribution in [-0.4, -0.2) is 37.9 Å². The molecule has 0 aromatic heterocycles. The molecule has 21 heavy (non-hydrogen) atoms. The second-order valence-corrected chi connectivity index (χ2v) is 7.16. The number of carbonyl (C=O) groups is 2. The Morgan fingerprint density at radius 2 is 1.48 bits per heavy atom. The molecule has 6 nitrogen and oxygen atoms in total. The second kappa shape index (κ2) is 5.91. The first-order chi connectivity index (χ1) is 9.03. The van der Waals surface area contributed by atoms with Gasteiger partial charge in [-0.3, -0.25) is 13.8 Å². The molecule has 0 radical (unpaired) electrons. The summed E-state index contributed by atoms with van der Waals surface area (Å²) in [6.07, 6.45) is 0. The van der Waals surface area contributed by atoms with Crippen LogP contribution >= 0.6 is 0 Å². The largest absolute Gasteiger partial charge is 0.523 e. The molecule has 0 saturated heterocycles. The maximum atomic E-state index is 12.2. The van der Waals surface area contributed by atoms with Crippen LogP contribution in [0.1, 0.15) is 34.6 Å². The van der Waals surface area contributed by atoms with E-state index in [1.54, 1.807) is 0 Å². The first kappa shape index (κ1) is 19.8. The quantitative estimate of drug-likeness (QED) is 0.330. The number of ether oxygens (including phenoxy) is 1. The van der Waals surface area contributed by atoms with Crippen LogP contribution in [0.25, 0.3) is 0 Å². The molecular weight excluding hydrogens is 317 g/mol. The molecule has 0 aromatic carbocycles. The highest BCUT2D eigenvalue weighted by molar-refractivity contribution is 7.87. The van der Waals surface area contributed by atoms with Gasteiger partial charge < -0.3 is 4.74 Å². The van der Waals surface area contributed by atoms with Gasteiger partial charge in [-0.1, -0.05) is 0 Å². The van der Waals surface area contributed by atoms with Crippen LogP contribution in [0.5, 0.6) is 0 Å². The van der Waals surface area contributed by atoms with Gasteiger partial charge in [0, 0.05) is 0 Å². The van der Waals surface area contributed by atoms with Crippen molar-refractivity contribution >= 4 is 21.9 Å².